The average Bonchev–Trinajstić information content (AvgIpc) is 2.57. The molecule has 0 radical (unpaired) electrons. The van der Waals surface area contributed by atoms with Crippen molar-refractivity contribution >= 4 is 16.8 Å². The standard InChI is InChI=1S/C20H18O5/c1-20(2,3)19(24)12-6-4-11(5-7-12)16-10-15(22)13-8-9-14(21)17(23)18(13)25-16/h4-10,21,23H,1-3H3. The lowest BCUT2D eigenvalue weighted by Crippen LogP contribution is -2.19. The van der Waals surface area contributed by atoms with Gasteiger partial charge in [-0.05, 0) is 12.1 Å². The molecule has 5 heteroatoms. The fourth-order valence-corrected chi connectivity index (χ4v) is 2.56. The molecule has 2 N–H and O–H groups in total. The third-order valence-electron chi connectivity index (χ3n) is 3.96. The summed E-state index contributed by atoms with van der Waals surface area (Å²) in [5.41, 5.74) is 0.270. The van der Waals surface area contributed by atoms with E-state index in [1.54, 1.807) is 24.3 Å². The minimum absolute atomic E-state index is 0.0154. The average molecular weight is 338 g/mol. The summed E-state index contributed by atoms with van der Waals surface area (Å²) in [5.74, 6) is -0.579. The van der Waals surface area contributed by atoms with Crippen LogP contribution in [0, 0.1) is 5.41 Å². The number of aromatic hydroxyl groups is 2. The summed E-state index contributed by atoms with van der Waals surface area (Å²) in [6.07, 6.45) is 0. The van der Waals surface area contributed by atoms with E-state index in [0.717, 1.165) is 0 Å². The Kier molecular flexibility index (Phi) is 3.87. The van der Waals surface area contributed by atoms with Crippen molar-refractivity contribution < 1.29 is 19.4 Å². The van der Waals surface area contributed by atoms with Crippen LogP contribution in [0.3, 0.4) is 0 Å². The Labute approximate surface area is 144 Å². The maximum absolute atomic E-state index is 12.3. The number of hydrogen-bond donors (Lipinski definition) is 2. The number of Topliss-reactive ketones (excluding diaryl/α,β-unsaturated/α-hetero) is 1. The van der Waals surface area contributed by atoms with Gasteiger partial charge in [-0.1, -0.05) is 45.0 Å². The maximum Gasteiger partial charge on any atom is 0.201 e. The van der Waals surface area contributed by atoms with E-state index in [1.165, 1.54) is 18.2 Å². The predicted octanol–water partition coefficient (Wildman–Crippen LogP) is 4.10. The van der Waals surface area contributed by atoms with Gasteiger partial charge in [-0.25, -0.2) is 0 Å². The van der Waals surface area contributed by atoms with Crippen LogP contribution in [-0.2, 0) is 0 Å². The van der Waals surface area contributed by atoms with Gasteiger partial charge < -0.3 is 14.6 Å². The molecule has 0 amide bonds. The lowest BCUT2D eigenvalue weighted by molar-refractivity contribution is 0.0858. The zero-order chi connectivity index (χ0) is 18.4. The van der Waals surface area contributed by atoms with Crippen LogP contribution in [0.4, 0.5) is 0 Å². The topological polar surface area (TPSA) is 87.7 Å². The molecule has 0 fully saturated rings. The normalized spacial score (nSPS) is 11.6. The summed E-state index contributed by atoms with van der Waals surface area (Å²) in [6.45, 7) is 5.54. The van der Waals surface area contributed by atoms with Crippen LogP contribution in [0.2, 0.25) is 0 Å². The SMILES string of the molecule is CC(C)(C)C(=O)c1ccc(-c2cc(=O)c3ccc(O)c(O)c3o2)cc1. The number of benzene rings is 2. The third-order valence-corrected chi connectivity index (χ3v) is 3.96. The molecule has 128 valence electrons. The quantitative estimate of drug-likeness (QED) is 0.542. The maximum atomic E-state index is 12.3. The molecule has 3 rings (SSSR count). The molecule has 0 atom stereocenters. The molecular weight excluding hydrogens is 320 g/mol. The lowest BCUT2D eigenvalue weighted by Gasteiger charge is -2.16. The summed E-state index contributed by atoms with van der Waals surface area (Å²) in [5, 5.41) is 19.7. The van der Waals surface area contributed by atoms with Crippen molar-refractivity contribution in [2.75, 3.05) is 0 Å². The zero-order valence-corrected chi connectivity index (χ0v) is 14.2. The molecule has 0 unspecified atom stereocenters. The Morgan fingerprint density at radius 3 is 2.24 bits per heavy atom. The van der Waals surface area contributed by atoms with Crippen LogP contribution in [0.25, 0.3) is 22.3 Å². The van der Waals surface area contributed by atoms with Crippen molar-refractivity contribution in [1.29, 1.82) is 0 Å². The van der Waals surface area contributed by atoms with E-state index in [0.29, 0.717) is 11.1 Å². The first-order valence-electron chi connectivity index (χ1n) is 7.82. The Morgan fingerprint density at radius 2 is 1.64 bits per heavy atom. The van der Waals surface area contributed by atoms with Crippen molar-refractivity contribution in [3.05, 3.63) is 58.3 Å². The van der Waals surface area contributed by atoms with E-state index in [-0.39, 0.29) is 33.7 Å². The number of rotatable bonds is 2. The van der Waals surface area contributed by atoms with Crippen LogP contribution in [0.15, 0.2) is 51.7 Å². The fourth-order valence-electron chi connectivity index (χ4n) is 2.56. The third kappa shape index (κ3) is 3.01. The summed E-state index contributed by atoms with van der Waals surface area (Å²) in [7, 11) is 0. The number of phenolic OH excluding ortho intramolecular Hbond substituents is 2. The molecule has 0 bridgehead atoms. The number of fused-ring (bicyclic) bond motifs is 1. The highest BCUT2D eigenvalue weighted by atomic mass is 16.4. The van der Waals surface area contributed by atoms with Gasteiger partial charge in [-0.3, -0.25) is 9.59 Å². The van der Waals surface area contributed by atoms with E-state index in [9.17, 15) is 19.8 Å². The first kappa shape index (κ1) is 16.8. The van der Waals surface area contributed by atoms with Gasteiger partial charge in [-0.2, -0.15) is 0 Å². The molecule has 2 aromatic carbocycles. The highest BCUT2D eigenvalue weighted by molar-refractivity contribution is 6.00. The van der Waals surface area contributed by atoms with E-state index in [2.05, 4.69) is 0 Å². The highest BCUT2D eigenvalue weighted by Crippen LogP contribution is 2.34. The molecule has 1 aromatic heterocycles. The molecule has 0 saturated heterocycles. The Balaban J connectivity index is 2.10. The minimum Gasteiger partial charge on any atom is -0.504 e. The van der Waals surface area contributed by atoms with Gasteiger partial charge in [-0.15, -0.1) is 0 Å². The second-order valence-corrected chi connectivity index (χ2v) is 6.94. The van der Waals surface area contributed by atoms with Crippen LogP contribution in [0.5, 0.6) is 11.5 Å². The lowest BCUT2D eigenvalue weighted by atomic mass is 9.86. The molecule has 25 heavy (non-hydrogen) atoms. The van der Waals surface area contributed by atoms with Gasteiger partial charge in [0.25, 0.3) is 0 Å². The highest BCUT2D eigenvalue weighted by Gasteiger charge is 2.22. The Morgan fingerprint density at radius 1 is 1.00 bits per heavy atom. The Bertz CT molecular complexity index is 1020. The summed E-state index contributed by atoms with van der Waals surface area (Å²) in [4.78, 5) is 24.5. The second-order valence-electron chi connectivity index (χ2n) is 6.94. The van der Waals surface area contributed by atoms with Gasteiger partial charge in [0.2, 0.25) is 5.75 Å². The molecular formula is C20H18O5. The number of phenols is 2. The zero-order valence-electron chi connectivity index (χ0n) is 14.2. The number of carbonyl (C=O) groups is 1. The smallest absolute Gasteiger partial charge is 0.201 e. The molecule has 0 aliphatic rings. The largest absolute Gasteiger partial charge is 0.504 e. The van der Waals surface area contributed by atoms with Crippen LogP contribution in [0.1, 0.15) is 31.1 Å². The predicted molar refractivity (Wildman–Crippen MR) is 95.0 cm³/mol. The van der Waals surface area contributed by atoms with Gasteiger partial charge in [0.05, 0.1) is 5.39 Å². The molecule has 0 spiro atoms. The minimum atomic E-state index is -0.486. The van der Waals surface area contributed by atoms with Gasteiger partial charge in [0, 0.05) is 22.6 Å². The number of ketones is 1. The number of hydrogen-bond acceptors (Lipinski definition) is 5. The second kappa shape index (κ2) is 5.77. The van der Waals surface area contributed by atoms with Crippen molar-refractivity contribution in [1.82, 2.24) is 0 Å². The summed E-state index contributed by atoms with van der Waals surface area (Å²) in [6, 6.07) is 10.7. The van der Waals surface area contributed by atoms with Crippen molar-refractivity contribution in [3.63, 3.8) is 0 Å². The van der Waals surface area contributed by atoms with E-state index < -0.39 is 11.2 Å². The van der Waals surface area contributed by atoms with Crippen molar-refractivity contribution in [2.24, 2.45) is 5.41 Å². The molecule has 3 aromatic rings. The first-order chi connectivity index (χ1) is 11.7. The first-order valence-corrected chi connectivity index (χ1v) is 7.82. The summed E-state index contributed by atoms with van der Waals surface area (Å²) < 4.78 is 5.61. The monoisotopic (exact) mass is 338 g/mol. The van der Waals surface area contributed by atoms with Gasteiger partial charge in [0.15, 0.2) is 22.5 Å². The van der Waals surface area contributed by atoms with E-state index in [1.807, 2.05) is 20.8 Å². The van der Waals surface area contributed by atoms with Gasteiger partial charge >= 0.3 is 0 Å². The fraction of sp³-hybridized carbons (Fsp3) is 0.200. The van der Waals surface area contributed by atoms with Crippen LogP contribution >= 0.6 is 0 Å². The summed E-state index contributed by atoms with van der Waals surface area (Å²) >= 11 is 0. The Hall–Kier alpha value is -3.08. The number of carbonyl (C=O) groups excluding carboxylic acids is 1. The van der Waals surface area contributed by atoms with Crippen molar-refractivity contribution in [2.45, 2.75) is 20.8 Å². The van der Waals surface area contributed by atoms with Gasteiger partial charge in [0.1, 0.15) is 5.76 Å². The van der Waals surface area contributed by atoms with E-state index in [4.69, 9.17) is 4.42 Å². The molecule has 0 aliphatic heterocycles. The molecule has 5 nitrogen and oxygen atoms in total. The molecule has 0 saturated carbocycles. The molecule has 1 heterocycles. The van der Waals surface area contributed by atoms with E-state index >= 15 is 0 Å². The van der Waals surface area contributed by atoms with Crippen LogP contribution in [-0.4, -0.2) is 16.0 Å². The molecule has 0 aliphatic carbocycles. The van der Waals surface area contributed by atoms with Crippen molar-refractivity contribution in [3.8, 4) is 22.8 Å². The van der Waals surface area contributed by atoms with Crippen LogP contribution < -0.4 is 5.43 Å².